The molecule has 76 valence electrons. The Bertz CT molecular complexity index is 323. The molecule has 1 rings (SSSR count). The van der Waals surface area contributed by atoms with Gasteiger partial charge in [-0.2, -0.15) is 0 Å². The van der Waals surface area contributed by atoms with Crippen LogP contribution in [0.1, 0.15) is 19.0 Å². The van der Waals surface area contributed by atoms with E-state index in [1.165, 1.54) is 0 Å². The number of alkyl halides is 1. The van der Waals surface area contributed by atoms with Crippen molar-refractivity contribution in [2.75, 3.05) is 12.4 Å². The molecule has 0 bridgehead atoms. The van der Waals surface area contributed by atoms with Crippen LogP contribution in [0.3, 0.4) is 0 Å². The summed E-state index contributed by atoms with van der Waals surface area (Å²) in [6, 6.07) is 3.80. The predicted molar refractivity (Wildman–Crippen MR) is 62.9 cm³/mol. The molecule has 0 atom stereocenters. The van der Waals surface area contributed by atoms with Gasteiger partial charge in [-0.3, -0.25) is 4.98 Å². The lowest BCUT2D eigenvalue weighted by molar-refractivity contribution is 0.411. The molecule has 0 aliphatic rings. The second-order valence-electron chi connectivity index (χ2n) is 2.92. The third-order valence-electron chi connectivity index (χ3n) is 1.92. The first-order valence-electron chi connectivity index (χ1n) is 4.51. The van der Waals surface area contributed by atoms with Gasteiger partial charge in [0, 0.05) is 11.5 Å². The Kier molecular flexibility index (Phi) is 4.66. The number of nitrogens with zero attached hydrogens (tertiary/aromatic N) is 1. The number of allylic oxidation sites excluding steroid dienone is 2. The Labute approximate surface area is 93.1 Å². The average Bonchev–Trinajstić information content (AvgIpc) is 2.25. The van der Waals surface area contributed by atoms with E-state index in [2.05, 4.69) is 27.0 Å². The molecule has 0 N–H and O–H groups in total. The number of hydrogen-bond acceptors (Lipinski definition) is 2. The van der Waals surface area contributed by atoms with Crippen LogP contribution in [0.5, 0.6) is 5.75 Å². The van der Waals surface area contributed by atoms with Gasteiger partial charge in [0.05, 0.1) is 7.11 Å². The minimum Gasteiger partial charge on any atom is -0.494 e. The molecule has 0 aliphatic heterocycles. The van der Waals surface area contributed by atoms with Crippen molar-refractivity contribution < 1.29 is 4.74 Å². The van der Waals surface area contributed by atoms with Crippen LogP contribution in [0.25, 0.3) is 5.57 Å². The molecule has 3 heteroatoms. The quantitative estimate of drug-likeness (QED) is 0.771. The van der Waals surface area contributed by atoms with Crippen molar-refractivity contribution in [2.24, 2.45) is 0 Å². The maximum Gasteiger partial charge on any atom is 0.144 e. The SMILES string of the molecule is COc1cccnc1/C(C)=C/CCBr. The van der Waals surface area contributed by atoms with Gasteiger partial charge < -0.3 is 4.74 Å². The summed E-state index contributed by atoms with van der Waals surface area (Å²) in [6.07, 6.45) is 4.94. The molecule has 0 saturated carbocycles. The van der Waals surface area contributed by atoms with Crippen LogP contribution in [0.15, 0.2) is 24.4 Å². The largest absolute Gasteiger partial charge is 0.494 e. The van der Waals surface area contributed by atoms with Crippen LogP contribution in [-0.4, -0.2) is 17.4 Å². The van der Waals surface area contributed by atoms with Crippen molar-refractivity contribution in [2.45, 2.75) is 13.3 Å². The lowest BCUT2D eigenvalue weighted by Gasteiger charge is -2.06. The summed E-state index contributed by atoms with van der Waals surface area (Å²) in [7, 11) is 1.66. The van der Waals surface area contributed by atoms with Gasteiger partial charge in [-0.25, -0.2) is 0 Å². The number of rotatable bonds is 4. The van der Waals surface area contributed by atoms with Gasteiger partial charge in [-0.15, -0.1) is 0 Å². The summed E-state index contributed by atoms with van der Waals surface area (Å²) in [5.74, 6) is 0.829. The Morgan fingerprint density at radius 1 is 1.64 bits per heavy atom. The Morgan fingerprint density at radius 2 is 2.43 bits per heavy atom. The van der Waals surface area contributed by atoms with Crippen molar-refractivity contribution in [3.8, 4) is 5.75 Å². The highest BCUT2D eigenvalue weighted by Gasteiger charge is 2.03. The third-order valence-corrected chi connectivity index (χ3v) is 2.38. The fourth-order valence-corrected chi connectivity index (χ4v) is 1.45. The number of pyridine rings is 1. The van der Waals surface area contributed by atoms with Crippen LogP contribution in [0.2, 0.25) is 0 Å². The van der Waals surface area contributed by atoms with Crippen LogP contribution in [-0.2, 0) is 0 Å². The number of hydrogen-bond donors (Lipinski definition) is 0. The molecule has 0 aromatic carbocycles. The van der Waals surface area contributed by atoms with Crippen LogP contribution in [0, 0.1) is 0 Å². The Hall–Kier alpha value is -0.830. The van der Waals surface area contributed by atoms with Gasteiger partial charge in [0.15, 0.2) is 0 Å². The van der Waals surface area contributed by atoms with E-state index in [0.717, 1.165) is 28.8 Å². The highest BCUT2D eigenvalue weighted by molar-refractivity contribution is 9.09. The molecular formula is C11H14BrNO. The van der Waals surface area contributed by atoms with Crippen LogP contribution < -0.4 is 4.74 Å². The maximum atomic E-state index is 5.23. The summed E-state index contributed by atoms with van der Waals surface area (Å²) in [6.45, 7) is 2.05. The first-order chi connectivity index (χ1) is 6.79. The predicted octanol–water partition coefficient (Wildman–Crippen LogP) is 3.28. The van der Waals surface area contributed by atoms with Crippen molar-refractivity contribution in [3.05, 3.63) is 30.1 Å². The number of aromatic nitrogens is 1. The van der Waals surface area contributed by atoms with Gasteiger partial charge in [-0.1, -0.05) is 22.0 Å². The van der Waals surface area contributed by atoms with E-state index in [0.29, 0.717) is 0 Å². The zero-order valence-corrected chi connectivity index (χ0v) is 10.0. The molecule has 14 heavy (non-hydrogen) atoms. The number of methoxy groups -OCH3 is 1. The van der Waals surface area contributed by atoms with E-state index in [1.54, 1.807) is 13.3 Å². The van der Waals surface area contributed by atoms with E-state index < -0.39 is 0 Å². The van der Waals surface area contributed by atoms with E-state index in [-0.39, 0.29) is 0 Å². The van der Waals surface area contributed by atoms with Gasteiger partial charge in [0.1, 0.15) is 11.4 Å². The smallest absolute Gasteiger partial charge is 0.144 e. The van der Waals surface area contributed by atoms with Crippen molar-refractivity contribution in [1.82, 2.24) is 4.98 Å². The fourth-order valence-electron chi connectivity index (χ4n) is 1.22. The molecule has 0 spiro atoms. The lowest BCUT2D eigenvalue weighted by Crippen LogP contribution is -1.92. The van der Waals surface area contributed by atoms with Gasteiger partial charge >= 0.3 is 0 Å². The lowest BCUT2D eigenvalue weighted by atomic mass is 10.1. The van der Waals surface area contributed by atoms with E-state index in [1.807, 2.05) is 19.1 Å². The van der Waals surface area contributed by atoms with Crippen LogP contribution in [0.4, 0.5) is 0 Å². The van der Waals surface area contributed by atoms with Gasteiger partial charge in [0.25, 0.3) is 0 Å². The zero-order valence-electron chi connectivity index (χ0n) is 8.46. The van der Waals surface area contributed by atoms with Gasteiger partial charge in [-0.05, 0) is 31.1 Å². The fraction of sp³-hybridized carbons (Fsp3) is 0.364. The van der Waals surface area contributed by atoms with Crippen molar-refractivity contribution in [1.29, 1.82) is 0 Å². The first kappa shape index (κ1) is 11.2. The average molecular weight is 256 g/mol. The highest BCUT2D eigenvalue weighted by atomic mass is 79.9. The normalized spacial score (nSPS) is 11.5. The monoisotopic (exact) mass is 255 g/mol. The van der Waals surface area contributed by atoms with E-state index in [9.17, 15) is 0 Å². The Morgan fingerprint density at radius 3 is 3.07 bits per heavy atom. The first-order valence-corrected chi connectivity index (χ1v) is 5.64. The topological polar surface area (TPSA) is 22.1 Å². The molecule has 0 fully saturated rings. The van der Waals surface area contributed by atoms with Crippen molar-refractivity contribution in [3.63, 3.8) is 0 Å². The molecule has 0 amide bonds. The molecule has 1 aromatic heterocycles. The molecule has 0 unspecified atom stereocenters. The third kappa shape index (κ3) is 2.84. The number of ether oxygens (including phenoxy) is 1. The second-order valence-corrected chi connectivity index (χ2v) is 3.71. The minimum atomic E-state index is 0.829. The van der Waals surface area contributed by atoms with Crippen molar-refractivity contribution >= 4 is 21.5 Å². The molecule has 0 aliphatic carbocycles. The zero-order chi connectivity index (χ0) is 10.4. The molecule has 0 saturated heterocycles. The van der Waals surface area contributed by atoms with E-state index in [4.69, 9.17) is 4.74 Å². The maximum absolute atomic E-state index is 5.23. The van der Waals surface area contributed by atoms with Crippen LogP contribution >= 0.6 is 15.9 Å². The minimum absolute atomic E-state index is 0.829. The summed E-state index contributed by atoms with van der Waals surface area (Å²) >= 11 is 3.39. The molecule has 1 aromatic rings. The van der Waals surface area contributed by atoms with E-state index >= 15 is 0 Å². The molecule has 2 nitrogen and oxygen atoms in total. The Balaban J connectivity index is 2.93. The second kappa shape index (κ2) is 5.81. The summed E-state index contributed by atoms with van der Waals surface area (Å²) in [5.41, 5.74) is 2.08. The van der Waals surface area contributed by atoms with Gasteiger partial charge in [0.2, 0.25) is 0 Å². The number of halogens is 1. The standard InChI is InChI=1S/C11H14BrNO/c1-9(5-3-7-12)11-10(14-2)6-4-8-13-11/h4-6,8H,3,7H2,1-2H3/b9-5+. The summed E-state index contributed by atoms with van der Waals surface area (Å²) < 4.78 is 5.23. The molecule has 0 radical (unpaired) electrons. The summed E-state index contributed by atoms with van der Waals surface area (Å²) in [5, 5.41) is 0.972. The molecular weight excluding hydrogens is 242 g/mol. The summed E-state index contributed by atoms with van der Waals surface area (Å²) in [4.78, 5) is 4.29. The molecule has 1 heterocycles. The highest BCUT2D eigenvalue weighted by Crippen LogP contribution is 2.22.